The van der Waals surface area contributed by atoms with Crippen LogP contribution in [0.3, 0.4) is 0 Å². The Kier molecular flexibility index (Phi) is 0.883. The first-order valence-corrected chi connectivity index (χ1v) is 3.74. The molecule has 0 amide bonds. The zero-order valence-electron chi connectivity index (χ0n) is 5.56. The topological polar surface area (TPSA) is 23.8 Å². The van der Waals surface area contributed by atoms with Crippen LogP contribution in [0.15, 0.2) is 0 Å². The SMILES string of the molecule is N#CCC12CCCC1C2. The Morgan fingerprint density at radius 1 is 1.67 bits per heavy atom. The molecule has 2 saturated carbocycles. The second kappa shape index (κ2) is 1.50. The molecule has 1 nitrogen and oxygen atoms in total. The van der Waals surface area contributed by atoms with Crippen molar-refractivity contribution in [3.63, 3.8) is 0 Å². The lowest BCUT2D eigenvalue weighted by Crippen LogP contribution is -1.94. The highest BCUT2D eigenvalue weighted by atomic mass is 14.6. The molecule has 0 saturated heterocycles. The third-order valence-corrected chi connectivity index (χ3v) is 3.02. The fourth-order valence-electron chi connectivity index (χ4n) is 2.31. The van der Waals surface area contributed by atoms with Crippen LogP contribution >= 0.6 is 0 Å². The smallest absolute Gasteiger partial charge is 0.0627 e. The van der Waals surface area contributed by atoms with E-state index in [0.717, 1.165) is 12.3 Å². The van der Waals surface area contributed by atoms with Crippen molar-refractivity contribution in [1.29, 1.82) is 5.26 Å². The van der Waals surface area contributed by atoms with Crippen LogP contribution < -0.4 is 0 Å². The molecule has 2 rings (SSSR count). The van der Waals surface area contributed by atoms with Crippen LogP contribution in [-0.4, -0.2) is 0 Å². The minimum atomic E-state index is 0.550. The minimum Gasteiger partial charge on any atom is -0.198 e. The lowest BCUT2D eigenvalue weighted by atomic mass is 10.0. The van der Waals surface area contributed by atoms with Gasteiger partial charge in [0, 0.05) is 6.42 Å². The minimum absolute atomic E-state index is 0.550. The van der Waals surface area contributed by atoms with Gasteiger partial charge in [0.2, 0.25) is 0 Å². The summed E-state index contributed by atoms with van der Waals surface area (Å²) in [6.07, 6.45) is 6.32. The molecule has 0 aromatic carbocycles. The summed E-state index contributed by atoms with van der Waals surface area (Å²) in [6.45, 7) is 0. The highest BCUT2D eigenvalue weighted by molar-refractivity contribution is 5.09. The molecule has 2 aliphatic carbocycles. The monoisotopic (exact) mass is 121 g/mol. The van der Waals surface area contributed by atoms with Gasteiger partial charge < -0.3 is 0 Å². The Labute approximate surface area is 55.7 Å². The van der Waals surface area contributed by atoms with Crippen molar-refractivity contribution in [3.05, 3.63) is 0 Å². The van der Waals surface area contributed by atoms with Crippen molar-refractivity contribution in [2.45, 2.75) is 32.1 Å². The Bertz CT molecular complexity index is 168. The molecule has 0 aromatic heterocycles. The molecule has 2 fully saturated rings. The van der Waals surface area contributed by atoms with Crippen molar-refractivity contribution in [1.82, 2.24) is 0 Å². The summed E-state index contributed by atoms with van der Waals surface area (Å²) < 4.78 is 0. The van der Waals surface area contributed by atoms with E-state index in [1.54, 1.807) is 0 Å². The maximum atomic E-state index is 8.47. The van der Waals surface area contributed by atoms with Crippen LogP contribution in [0.4, 0.5) is 0 Å². The van der Waals surface area contributed by atoms with Crippen LogP contribution in [0.2, 0.25) is 0 Å². The number of rotatable bonds is 1. The van der Waals surface area contributed by atoms with Gasteiger partial charge in [0.25, 0.3) is 0 Å². The fourth-order valence-corrected chi connectivity index (χ4v) is 2.31. The summed E-state index contributed by atoms with van der Waals surface area (Å²) in [6, 6.07) is 2.29. The molecule has 0 heterocycles. The Morgan fingerprint density at radius 2 is 2.56 bits per heavy atom. The Balaban J connectivity index is 2.04. The van der Waals surface area contributed by atoms with Gasteiger partial charge in [-0.1, -0.05) is 6.42 Å². The van der Waals surface area contributed by atoms with Crippen LogP contribution in [-0.2, 0) is 0 Å². The van der Waals surface area contributed by atoms with Gasteiger partial charge in [-0.3, -0.25) is 0 Å². The molecule has 0 N–H and O–H groups in total. The maximum Gasteiger partial charge on any atom is 0.0627 e. The van der Waals surface area contributed by atoms with E-state index < -0.39 is 0 Å². The average Bonchev–Trinajstić information content (AvgIpc) is 2.37. The second-order valence-electron chi connectivity index (χ2n) is 3.49. The van der Waals surface area contributed by atoms with E-state index >= 15 is 0 Å². The third-order valence-electron chi connectivity index (χ3n) is 3.02. The summed E-state index contributed by atoms with van der Waals surface area (Å²) >= 11 is 0. The predicted octanol–water partition coefficient (Wildman–Crippen LogP) is 2.09. The normalized spacial score (nSPS) is 45.9. The van der Waals surface area contributed by atoms with Gasteiger partial charge in [0.1, 0.15) is 0 Å². The second-order valence-corrected chi connectivity index (χ2v) is 3.49. The molecule has 2 unspecified atom stereocenters. The fraction of sp³-hybridized carbons (Fsp3) is 0.875. The van der Waals surface area contributed by atoms with E-state index in [9.17, 15) is 0 Å². The summed E-state index contributed by atoms with van der Waals surface area (Å²) in [4.78, 5) is 0. The molecular weight excluding hydrogens is 110 g/mol. The molecule has 1 heteroatoms. The largest absolute Gasteiger partial charge is 0.198 e. The highest BCUT2D eigenvalue weighted by Crippen LogP contribution is 2.65. The van der Waals surface area contributed by atoms with Gasteiger partial charge in [-0.2, -0.15) is 5.26 Å². The summed E-state index contributed by atoms with van der Waals surface area (Å²) in [5, 5.41) is 8.47. The van der Waals surface area contributed by atoms with E-state index in [2.05, 4.69) is 6.07 Å². The molecular formula is C8H11N. The van der Waals surface area contributed by atoms with Gasteiger partial charge in [0.05, 0.1) is 6.07 Å². The molecule has 9 heavy (non-hydrogen) atoms. The first-order chi connectivity index (χ1) is 4.37. The van der Waals surface area contributed by atoms with Crippen LogP contribution in [0.25, 0.3) is 0 Å². The average molecular weight is 121 g/mol. The molecule has 2 aliphatic rings. The van der Waals surface area contributed by atoms with E-state index in [-0.39, 0.29) is 0 Å². The van der Waals surface area contributed by atoms with Crippen molar-refractivity contribution >= 4 is 0 Å². The van der Waals surface area contributed by atoms with Gasteiger partial charge >= 0.3 is 0 Å². The lowest BCUT2D eigenvalue weighted by molar-refractivity contribution is 0.501. The van der Waals surface area contributed by atoms with Gasteiger partial charge in [-0.05, 0) is 30.6 Å². The first kappa shape index (κ1) is 5.29. The molecule has 0 bridgehead atoms. The van der Waals surface area contributed by atoms with Crippen molar-refractivity contribution < 1.29 is 0 Å². The van der Waals surface area contributed by atoms with E-state index in [1.165, 1.54) is 25.7 Å². The van der Waals surface area contributed by atoms with Gasteiger partial charge in [-0.25, -0.2) is 0 Å². The van der Waals surface area contributed by atoms with E-state index in [4.69, 9.17) is 5.26 Å². The summed E-state index contributed by atoms with van der Waals surface area (Å²) in [5.74, 6) is 0.956. The lowest BCUT2D eigenvalue weighted by Gasteiger charge is -2.02. The van der Waals surface area contributed by atoms with E-state index in [0.29, 0.717) is 5.41 Å². The van der Waals surface area contributed by atoms with Crippen molar-refractivity contribution in [2.24, 2.45) is 11.3 Å². The zero-order chi connectivity index (χ0) is 6.32. The standard InChI is InChI=1S/C8H11N/c9-5-4-8-3-1-2-7(8)6-8/h7H,1-4,6H2. The predicted molar refractivity (Wildman–Crippen MR) is 34.6 cm³/mol. The Morgan fingerprint density at radius 3 is 3.00 bits per heavy atom. The van der Waals surface area contributed by atoms with Crippen LogP contribution in [0.5, 0.6) is 0 Å². The molecule has 48 valence electrons. The number of fused-ring (bicyclic) bond motifs is 1. The summed E-state index contributed by atoms with van der Waals surface area (Å²) in [5.41, 5.74) is 0.550. The molecule has 0 radical (unpaired) electrons. The summed E-state index contributed by atoms with van der Waals surface area (Å²) in [7, 11) is 0. The van der Waals surface area contributed by atoms with Crippen molar-refractivity contribution in [3.8, 4) is 6.07 Å². The van der Waals surface area contributed by atoms with Gasteiger partial charge in [0.15, 0.2) is 0 Å². The first-order valence-electron chi connectivity index (χ1n) is 3.74. The number of nitriles is 1. The number of hydrogen-bond acceptors (Lipinski definition) is 1. The van der Waals surface area contributed by atoms with Crippen LogP contribution in [0.1, 0.15) is 32.1 Å². The van der Waals surface area contributed by atoms with Crippen molar-refractivity contribution in [2.75, 3.05) is 0 Å². The molecule has 2 atom stereocenters. The number of hydrogen-bond donors (Lipinski definition) is 0. The zero-order valence-corrected chi connectivity index (χ0v) is 5.56. The number of nitrogens with zero attached hydrogens (tertiary/aromatic N) is 1. The molecule has 0 spiro atoms. The Hall–Kier alpha value is -0.510. The quantitative estimate of drug-likeness (QED) is 0.521. The maximum absolute atomic E-state index is 8.47. The van der Waals surface area contributed by atoms with Crippen LogP contribution in [0, 0.1) is 22.7 Å². The van der Waals surface area contributed by atoms with E-state index in [1.807, 2.05) is 0 Å². The molecule has 0 aliphatic heterocycles. The van der Waals surface area contributed by atoms with Gasteiger partial charge in [-0.15, -0.1) is 0 Å². The third kappa shape index (κ3) is 0.594. The molecule has 0 aromatic rings. The highest BCUT2D eigenvalue weighted by Gasteiger charge is 2.56.